The smallest absolute Gasteiger partial charge is 0.270 e. The van der Waals surface area contributed by atoms with Gasteiger partial charge in [-0.3, -0.25) is 9.59 Å². The first-order valence-corrected chi connectivity index (χ1v) is 9.88. The molecule has 5 rings (SSSR count). The zero-order valence-electron chi connectivity index (χ0n) is 16.3. The van der Waals surface area contributed by atoms with Gasteiger partial charge in [0, 0.05) is 34.2 Å². The lowest BCUT2D eigenvalue weighted by Gasteiger charge is -2.33. The third-order valence-electron chi connectivity index (χ3n) is 5.64. The molecule has 0 radical (unpaired) electrons. The van der Waals surface area contributed by atoms with Crippen LogP contribution in [0.15, 0.2) is 41.2 Å². The second kappa shape index (κ2) is 7.18. The van der Waals surface area contributed by atoms with Crippen LogP contribution in [0.4, 0.5) is 8.78 Å². The van der Waals surface area contributed by atoms with Crippen molar-refractivity contribution < 1.29 is 18.3 Å². The number of halogens is 3. The van der Waals surface area contributed by atoms with Gasteiger partial charge in [0.1, 0.15) is 5.69 Å². The molecule has 0 fully saturated rings. The maximum atomic E-state index is 14.0. The summed E-state index contributed by atoms with van der Waals surface area (Å²) in [5, 5.41) is 1.62. The van der Waals surface area contributed by atoms with Gasteiger partial charge in [-0.05, 0) is 41.8 Å². The zero-order valence-corrected chi connectivity index (χ0v) is 17.0. The monoisotopic (exact) mass is 443 g/mol. The van der Waals surface area contributed by atoms with Gasteiger partial charge < -0.3 is 19.6 Å². The Hall–Kier alpha value is -3.23. The van der Waals surface area contributed by atoms with Gasteiger partial charge in [0.05, 0.1) is 24.6 Å². The van der Waals surface area contributed by atoms with Crippen molar-refractivity contribution in [1.29, 1.82) is 0 Å². The summed E-state index contributed by atoms with van der Waals surface area (Å²) >= 11 is 6.03. The van der Waals surface area contributed by atoms with Gasteiger partial charge in [0.2, 0.25) is 0 Å². The molecule has 158 valence electrons. The normalized spacial score (nSPS) is 15.9. The second-order valence-corrected chi connectivity index (χ2v) is 7.96. The second-order valence-electron chi connectivity index (χ2n) is 7.52. The molecule has 6 nitrogen and oxygen atoms in total. The number of H-pyrrole nitrogens is 2. The Morgan fingerprint density at radius 3 is 2.65 bits per heavy atom. The molecule has 31 heavy (non-hydrogen) atoms. The third kappa shape index (κ3) is 3.19. The van der Waals surface area contributed by atoms with Crippen molar-refractivity contribution in [2.45, 2.75) is 12.6 Å². The van der Waals surface area contributed by atoms with E-state index in [1.54, 1.807) is 31.3 Å². The molecule has 0 saturated carbocycles. The average Bonchev–Trinajstić information content (AvgIpc) is 3.17. The number of hydrogen-bond donors (Lipinski definition) is 2. The van der Waals surface area contributed by atoms with Crippen LogP contribution in [0.1, 0.15) is 27.8 Å². The molecule has 1 atom stereocenters. The quantitative estimate of drug-likeness (QED) is 0.485. The van der Waals surface area contributed by atoms with Crippen LogP contribution in [0.2, 0.25) is 5.02 Å². The zero-order chi connectivity index (χ0) is 21.9. The van der Waals surface area contributed by atoms with Crippen LogP contribution in [0, 0.1) is 11.6 Å². The minimum absolute atomic E-state index is 0.0191. The van der Waals surface area contributed by atoms with Gasteiger partial charge >= 0.3 is 0 Å². The van der Waals surface area contributed by atoms with E-state index in [9.17, 15) is 18.4 Å². The highest BCUT2D eigenvalue weighted by atomic mass is 35.5. The minimum Gasteiger partial charge on any atom is -0.373 e. The molecule has 9 heteroatoms. The predicted molar refractivity (Wildman–Crippen MR) is 112 cm³/mol. The van der Waals surface area contributed by atoms with Crippen molar-refractivity contribution in [2.75, 3.05) is 13.7 Å². The molecule has 0 spiro atoms. The highest BCUT2D eigenvalue weighted by Gasteiger charge is 2.32. The van der Waals surface area contributed by atoms with Crippen molar-refractivity contribution >= 4 is 39.2 Å². The first-order chi connectivity index (χ1) is 14.8. The van der Waals surface area contributed by atoms with Crippen LogP contribution in [0.25, 0.3) is 21.7 Å². The number of benzene rings is 2. The van der Waals surface area contributed by atoms with Crippen LogP contribution in [0.5, 0.6) is 0 Å². The molecule has 4 aromatic rings. The fraction of sp³-hybridized carbons (Fsp3) is 0.182. The Bertz CT molecular complexity index is 1430. The van der Waals surface area contributed by atoms with E-state index in [2.05, 4.69) is 9.97 Å². The summed E-state index contributed by atoms with van der Waals surface area (Å²) in [5.74, 6) is -2.49. The molecule has 0 bridgehead atoms. The van der Waals surface area contributed by atoms with Gasteiger partial charge in [-0.1, -0.05) is 11.6 Å². The summed E-state index contributed by atoms with van der Waals surface area (Å²) < 4.78 is 33.4. The van der Waals surface area contributed by atoms with Crippen LogP contribution in [0.3, 0.4) is 0 Å². The fourth-order valence-electron chi connectivity index (χ4n) is 4.10. The number of likely N-dealkylation sites (N-methyl/N-ethyl adjacent to an activating group) is 1. The molecule has 2 aromatic heterocycles. The maximum absolute atomic E-state index is 14.0. The van der Waals surface area contributed by atoms with Gasteiger partial charge in [-0.15, -0.1) is 0 Å². The molecular formula is C22H16ClF2N3O3. The van der Waals surface area contributed by atoms with E-state index in [0.29, 0.717) is 22.0 Å². The van der Waals surface area contributed by atoms with Crippen LogP contribution < -0.4 is 5.56 Å². The van der Waals surface area contributed by atoms with Crippen LogP contribution in [-0.4, -0.2) is 34.4 Å². The van der Waals surface area contributed by atoms with Crippen LogP contribution >= 0.6 is 11.6 Å². The van der Waals surface area contributed by atoms with E-state index in [1.807, 2.05) is 0 Å². The van der Waals surface area contributed by atoms with E-state index in [1.165, 1.54) is 4.90 Å². The number of rotatable bonds is 2. The third-order valence-corrected chi connectivity index (χ3v) is 5.88. The first-order valence-electron chi connectivity index (χ1n) is 9.50. The van der Waals surface area contributed by atoms with E-state index >= 15 is 0 Å². The standard InChI is InChI=1S/C22H16ClF2N3O3/c1-28(22(30)17-5-10-4-11(23)2-3-16(10)26-17)19-9-31-8-18-20(19)12-6-14(24)15(25)7-13(12)21(29)27-18/h2-7,19,26H,8-9H2,1H3,(H,27,29)/t19-/m0/s1. The molecule has 1 amide bonds. The summed E-state index contributed by atoms with van der Waals surface area (Å²) in [6, 6.07) is 8.21. The Kier molecular flexibility index (Phi) is 4.56. The van der Waals surface area contributed by atoms with Crippen molar-refractivity contribution in [1.82, 2.24) is 14.9 Å². The summed E-state index contributed by atoms with van der Waals surface area (Å²) in [6.07, 6.45) is 0. The molecule has 0 saturated heterocycles. The summed E-state index contributed by atoms with van der Waals surface area (Å²) in [6.45, 7) is 0.240. The summed E-state index contributed by atoms with van der Waals surface area (Å²) in [5.41, 5.74) is 1.53. The van der Waals surface area contributed by atoms with Gasteiger partial charge in [-0.2, -0.15) is 0 Å². The Balaban J connectivity index is 1.61. The number of aromatic amines is 2. The number of aromatic nitrogens is 2. The van der Waals surface area contributed by atoms with Gasteiger partial charge in [-0.25, -0.2) is 8.78 Å². The summed E-state index contributed by atoms with van der Waals surface area (Å²) in [4.78, 5) is 32.8. The maximum Gasteiger partial charge on any atom is 0.270 e. The van der Waals surface area contributed by atoms with E-state index < -0.39 is 23.2 Å². The lowest BCUT2D eigenvalue weighted by molar-refractivity contribution is 0.0333. The molecule has 1 aliphatic heterocycles. The number of carbonyl (C=O) groups excluding carboxylic acids is 1. The lowest BCUT2D eigenvalue weighted by Crippen LogP contribution is -2.37. The van der Waals surface area contributed by atoms with Crippen molar-refractivity contribution in [3.63, 3.8) is 0 Å². The number of carbonyl (C=O) groups is 1. The molecule has 1 aliphatic rings. The van der Waals surface area contributed by atoms with Crippen molar-refractivity contribution in [3.8, 4) is 0 Å². The lowest BCUT2D eigenvalue weighted by atomic mass is 9.95. The fourth-order valence-corrected chi connectivity index (χ4v) is 4.28. The van der Waals surface area contributed by atoms with Crippen LogP contribution in [-0.2, 0) is 11.3 Å². The number of ether oxygens (including phenoxy) is 1. The number of pyridine rings is 1. The van der Waals surface area contributed by atoms with Gasteiger partial charge in [0.25, 0.3) is 11.5 Å². The Morgan fingerprint density at radius 2 is 1.87 bits per heavy atom. The van der Waals surface area contributed by atoms with Crippen molar-refractivity contribution in [2.24, 2.45) is 0 Å². The highest BCUT2D eigenvalue weighted by molar-refractivity contribution is 6.31. The number of nitrogens with one attached hydrogen (secondary N) is 2. The molecule has 2 N–H and O–H groups in total. The molecular weight excluding hydrogens is 428 g/mol. The van der Waals surface area contributed by atoms with E-state index in [-0.39, 0.29) is 29.9 Å². The Labute approximate surface area is 179 Å². The van der Waals surface area contributed by atoms with Gasteiger partial charge in [0.15, 0.2) is 11.6 Å². The number of amides is 1. The first kappa shape index (κ1) is 19.7. The minimum atomic E-state index is -1.11. The molecule has 2 aromatic carbocycles. The number of hydrogen-bond acceptors (Lipinski definition) is 3. The average molecular weight is 444 g/mol. The predicted octanol–water partition coefficient (Wildman–Crippen LogP) is 4.28. The Morgan fingerprint density at radius 1 is 1.13 bits per heavy atom. The topological polar surface area (TPSA) is 78.2 Å². The summed E-state index contributed by atoms with van der Waals surface area (Å²) in [7, 11) is 1.60. The molecule has 0 aliphatic carbocycles. The van der Waals surface area contributed by atoms with E-state index in [0.717, 1.165) is 23.0 Å². The van der Waals surface area contributed by atoms with E-state index in [4.69, 9.17) is 16.3 Å². The molecule has 3 heterocycles. The number of fused-ring (bicyclic) bond motifs is 4. The SMILES string of the molecule is CN(C(=O)c1cc2cc(Cl)ccc2[nH]1)[C@H]1COCc2[nH]c(=O)c3cc(F)c(F)cc3c21. The van der Waals surface area contributed by atoms with Crippen molar-refractivity contribution in [3.05, 3.63) is 80.4 Å². The highest BCUT2D eigenvalue weighted by Crippen LogP contribution is 2.34. The number of nitrogens with zero attached hydrogens (tertiary/aromatic N) is 1. The largest absolute Gasteiger partial charge is 0.373 e. The molecule has 0 unspecified atom stereocenters.